The van der Waals surface area contributed by atoms with Crippen LogP contribution in [0.15, 0.2) is 85.6 Å². The molecular weight excluding hydrogens is 659 g/mol. The van der Waals surface area contributed by atoms with Crippen molar-refractivity contribution < 1.29 is 47.6 Å². The van der Waals surface area contributed by atoms with E-state index >= 15 is 0 Å². The van der Waals surface area contributed by atoms with Gasteiger partial charge >= 0.3 is 5.97 Å². The van der Waals surface area contributed by atoms with Crippen molar-refractivity contribution in [3.8, 4) is 11.4 Å². The Morgan fingerprint density at radius 3 is 1.56 bits per heavy atom. The molecule has 0 aliphatic heterocycles. The molecule has 0 aliphatic rings. The summed E-state index contributed by atoms with van der Waals surface area (Å²) in [5.41, 5.74) is 0.838. The Morgan fingerprint density at radius 2 is 1.25 bits per heavy atom. The third-order valence-corrected chi connectivity index (χ3v) is 4.06. The number of aromatic carboxylic acids is 1. The fourth-order valence-electron chi connectivity index (χ4n) is 2.45. The molecule has 0 saturated carbocycles. The smallest absolute Gasteiger partial charge is 0.354 e. The van der Waals surface area contributed by atoms with Crippen LogP contribution in [0.25, 0.3) is 11.4 Å². The zero-order valence-electron chi connectivity index (χ0n) is 18.0. The van der Waals surface area contributed by atoms with E-state index in [0.29, 0.717) is 11.4 Å². The van der Waals surface area contributed by atoms with Gasteiger partial charge in [-0.25, -0.2) is 18.6 Å². The molecule has 5 aromatic rings. The molecule has 0 fully saturated rings. The molecule has 0 saturated heterocycles. The third kappa shape index (κ3) is 7.96. The number of hydrogen-bond acceptors (Lipinski definition) is 4. The van der Waals surface area contributed by atoms with Gasteiger partial charge in [-0.1, -0.05) is 6.07 Å². The second-order valence-corrected chi connectivity index (χ2v) is 6.45. The largest absolute Gasteiger partial charge is 0.477 e. The maximum absolute atomic E-state index is 12.7. The molecule has 2 aromatic carbocycles. The Hall–Kier alpha value is -4.15. The van der Waals surface area contributed by atoms with Crippen LogP contribution in [0, 0.1) is 35.4 Å². The maximum Gasteiger partial charge on any atom is 0.354 e. The first-order chi connectivity index (χ1) is 16.8. The molecular formula is C24H15F4IrN5O2-2. The second-order valence-electron chi connectivity index (χ2n) is 6.45. The van der Waals surface area contributed by atoms with E-state index in [4.69, 9.17) is 5.11 Å². The number of rotatable bonds is 3. The van der Waals surface area contributed by atoms with Crippen molar-refractivity contribution >= 4 is 5.97 Å². The number of aromatic nitrogens is 5. The average molecular weight is 674 g/mol. The molecule has 12 heteroatoms. The van der Waals surface area contributed by atoms with Crippen LogP contribution in [0.2, 0.25) is 0 Å². The fourth-order valence-corrected chi connectivity index (χ4v) is 2.45. The minimum absolute atomic E-state index is 0. The van der Waals surface area contributed by atoms with Crippen LogP contribution in [-0.4, -0.2) is 35.6 Å². The number of benzene rings is 2. The third-order valence-electron chi connectivity index (χ3n) is 4.06. The van der Waals surface area contributed by atoms with Crippen LogP contribution >= 0.6 is 0 Å². The van der Waals surface area contributed by atoms with E-state index in [1.165, 1.54) is 21.6 Å². The standard InChI is InChI=1S/2C9H5F2N2.C6H5NO2.Ir/c2*10-8-3-2-7(6-9(8)11)13-5-1-4-12-13;8-6(9)5-3-1-2-4-7-5;/h2*1,3-6H;1-4H,(H,8,9);/q2*-1;;. The van der Waals surface area contributed by atoms with Gasteiger partial charge in [-0.15, -0.1) is 24.3 Å². The van der Waals surface area contributed by atoms with Crippen LogP contribution in [0.1, 0.15) is 10.5 Å². The van der Waals surface area contributed by atoms with Gasteiger partial charge in [0, 0.05) is 62.7 Å². The van der Waals surface area contributed by atoms with Crippen LogP contribution in [-0.2, 0) is 20.1 Å². The molecule has 0 atom stereocenters. The number of pyridine rings is 1. The van der Waals surface area contributed by atoms with Gasteiger partial charge in [0.25, 0.3) is 0 Å². The molecule has 36 heavy (non-hydrogen) atoms. The van der Waals surface area contributed by atoms with Gasteiger partial charge in [0.1, 0.15) is 5.69 Å². The van der Waals surface area contributed by atoms with Crippen LogP contribution in [0.3, 0.4) is 0 Å². The van der Waals surface area contributed by atoms with Crippen LogP contribution in [0.5, 0.6) is 0 Å². The van der Waals surface area contributed by atoms with Gasteiger partial charge in [0.2, 0.25) is 0 Å². The van der Waals surface area contributed by atoms with E-state index in [2.05, 4.69) is 27.3 Å². The maximum atomic E-state index is 12.7. The SMILES string of the molecule is Fc1c[c-]c(-n2cccn2)cc1F.Fc1c[c-]c(-n2cccn2)cc1F.O=C(O)c1ccccn1.[Ir]. The number of halogens is 4. The number of hydrogen-bond donors (Lipinski definition) is 1. The minimum Gasteiger partial charge on any atom is -0.477 e. The molecule has 3 aromatic heterocycles. The molecule has 187 valence electrons. The van der Waals surface area contributed by atoms with Crippen molar-refractivity contribution in [3.63, 3.8) is 0 Å². The van der Waals surface area contributed by atoms with E-state index in [-0.39, 0.29) is 25.8 Å². The van der Waals surface area contributed by atoms with E-state index in [1.807, 2.05) is 0 Å². The minimum atomic E-state index is -0.990. The Labute approximate surface area is 216 Å². The molecule has 0 bridgehead atoms. The molecule has 0 aliphatic carbocycles. The van der Waals surface area contributed by atoms with Crippen LogP contribution in [0.4, 0.5) is 17.6 Å². The first-order valence-electron chi connectivity index (χ1n) is 9.73. The summed E-state index contributed by atoms with van der Waals surface area (Å²) < 4.78 is 53.3. The van der Waals surface area contributed by atoms with Gasteiger partial charge in [0.05, 0.1) is 11.6 Å². The molecule has 0 unspecified atom stereocenters. The Bertz CT molecular complexity index is 1290. The summed E-state index contributed by atoms with van der Waals surface area (Å²) in [6.45, 7) is 0. The molecule has 1 N–H and O–H groups in total. The molecule has 3 heterocycles. The summed E-state index contributed by atoms with van der Waals surface area (Å²) in [7, 11) is 0. The predicted octanol–water partition coefficient (Wildman–Crippen LogP) is 4.68. The fraction of sp³-hybridized carbons (Fsp3) is 0. The molecule has 7 nitrogen and oxygen atoms in total. The predicted molar refractivity (Wildman–Crippen MR) is 116 cm³/mol. The number of nitrogens with zero attached hydrogens (tertiary/aromatic N) is 5. The zero-order valence-corrected chi connectivity index (χ0v) is 20.4. The molecule has 0 spiro atoms. The van der Waals surface area contributed by atoms with Crippen molar-refractivity contribution in [1.82, 2.24) is 24.5 Å². The Kier molecular flexibility index (Phi) is 10.7. The van der Waals surface area contributed by atoms with E-state index in [0.717, 1.165) is 24.3 Å². The first-order valence-corrected chi connectivity index (χ1v) is 9.73. The Morgan fingerprint density at radius 1 is 0.750 bits per heavy atom. The number of carboxylic acid groups (broad SMARTS) is 1. The van der Waals surface area contributed by atoms with Gasteiger partial charge < -0.3 is 5.11 Å². The topological polar surface area (TPSA) is 85.8 Å². The van der Waals surface area contributed by atoms with Crippen LogP contribution < -0.4 is 0 Å². The summed E-state index contributed by atoms with van der Waals surface area (Å²) in [4.78, 5) is 13.7. The van der Waals surface area contributed by atoms with Crippen molar-refractivity contribution in [2.75, 3.05) is 0 Å². The average Bonchev–Trinajstić information content (AvgIpc) is 3.59. The van der Waals surface area contributed by atoms with Gasteiger partial charge in [0.15, 0.2) is 0 Å². The van der Waals surface area contributed by atoms with E-state index in [9.17, 15) is 22.4 Å². The molecule has 5 rings (SSSR count). The second kappa shape index (κ2) is 13.7. The summed E-state index contributed by atoms with van der Waals surface area (Å²) >= 11 is 0. The number of carbonyl (C=O) groups is 1. The Balaban J connectivity index is 0.000000191. The first kappa shape index (κ1) is 28.1. The zero-order chi connectivity index (χ0) is 25.2. The van der Waals surface area contributed by atoms with Crippen molar-refractivity contribution in [1.29, 1.82) is 0 Å². The van der Waals surface area contributed by atoms with Crippen molar-refractivity contribution in [2.24, 2.45) is 0 Å². The van der Waals surface area contributed by atoms with E-state index in [1.54, 1.807) is 49.1 Å². The van der Waals surface area contributed by atoms with Gasteiger partial charge in [-0.2, -0.15) is 22.3 Å². The monoisotopic (exact) mass is 674 g/mol. The van der Waals surface area contributed by atoms with Crippen molar-refractivity contribution in [3.05, 3.63) is 127 Å². The van der Waals surface area contributed by atoms with Crippen molar-refractivity contribution in [2.45, 2.75) is 0 Å². The normalized spacial score (nSPS) is 9.67. The molecule has 1 radical (unpaired) electrons. The summed E-state index contributed by atoms with van der Waals surface area (Å²) in [5.74, 6) is -4.60. The van der Waals surface area contributed by atoms with E-state index < -0.39 is 29.2 Å². The quantitative estimate of drug-likeness (QED) is 0.222. The van der Waals surface area contributed by atoms with Gasteiger partial charge in [-0.05, 0) is 35.6 Å². The summed E-state index contributed by atoms with van der Waals surface area (Å²) in [6.07, 6.45) is 7.81. The van der Waals surface area contributed by atoms with Gasteiger partial charge in [-0.3, -0.25) is 18.1 Å². The summed E-state index contributed by atoms with van der Waals surface area (Å²) in [6, 6.07) is 17.3. The molecule has 0 amide bonds. The summed E-state index contributed by atoms with van der Waals surface area (Å²) in [5, 5.41) is 16.0. The number of carboxylic acids is 1.